The average molecular weight is 387 g/mol. The Balaban J connectivity index is 1.63. The number of hydrogen-bond acceptors (Lipinski definition) is 6. The highest BCUT2D eigenvalue weighted by Gasteiger charge is 2.11. The molecular formula is C22H21N5O2. The average Bonchev–Trinajstić information content (AvgIpc) is 2.71. The first-order valence-corrected chi connectivity index (χ1v) is 9.26. The summed E-state index contributed by atoms with van der Waals surface area (Å²) in [6, 6.07) is 15.5. The van der Waals surface area contributed by atoms with E-state index in [1.165, 1.54) is 0 Å². The van der Waals surface area contributed by atoms with Gasteiger partial charge in [-0.1, -0.05) is 30.3 Å². The quantitative estimate of drug-likeness (QED) is 0.543. The Hall–Kier alpha value is -3.74. The van der Waals surface area contributed by atoms with Crippen LogP contribution in [0.3, 0.4) is 0 Å². The minimum Gasteiger partial charge on any atom is -0.497 e. The standard InChI is InChI=1S/C22H21N5O2/c1-13-17-12-16(29-3)9-10-19(17)25-21(23-13)27-22-24-14(2)18(20(28)26-22)11-15-7-5-4-6-8-15/h4-10,12H,11H2,1-3H3,(H2,23,24,25,26,27,28). The number of anilines is 2. The molecule has 0 aliphatic carbocycles. The molecule has 146 valence electrons. The summed E-state index contributed by atoms with van der Waals surface area (Å²) in [5.74, 6) is 1.44. The second-order valence-corrected chi connectivity index (χ2v) is 6.78. The third kappa shape index (κ3) is 3.94. The molecule has 2 heterocycles. The van der Waals surface area contributed by atoms with Crippen LogP contribution in [0, 0.1) is 13.8 Å². The summed E-state index contributed by atoms with van der Waals surface area (Å²) in [6.45, 7) is 3.73. The molecule has 0 radical (unpaired) electrons. The van der Waals surface area contributed by atoms with Gasteiger partial charge in [-0.15, -0.1) is 0 Å². The van der Waals surface area contributed by atoms with E-state index in [-0.39, 0.29) is 5.56 Å². The molecule has 7 nitrogen and oxygen atoms in total. The van der Waals surface area contributed by atoms with Gasteiger partial charge in [-0.3, -0.25) is 15.1 Å². The van der Waals surface area contributed by atoms with Crippen molar-refractivity contribution in [3.8, 4) is 5.75 Å². The topological polar surface area (TPSA) is 92.8 Å². The van der Waals surface area contributed by atoms with Gasteiger partial charge in [0.1, 0.15) is 5.75 Å². The summed E-state index contributed by atoms with van der Waals surface area (Å²) in [5.41, 5.74) is 3.78. The van der Waals surface area contributed by atoms with Crippen LogP contribution in [0.5, 0.6) is 5.75 Å². The maximum Gasteiger partial charge on any atom is 0.256 e. The number of aromatic nitrogens is 4. The Morgan fingerprint density at radius 1 is 1.00 bits per heavy atom. The van der Waals surface area contributed by atoms with Gasteiger partial charge >= 0.3 is 0 Å². The molecule has 0 fully saturated rings. The minimum absolute atomic E-state index is 0.175. The zero-order valence-electron chi connectivity index (χ0n) is 16.5. The van der Waals surface area contributed by atoms with Gasteiger partial charge in [0, 0.05) is 17.4 Å². The highest BCUT2D eigenvalue weighted by atomic mass is 16.5. The molecule has 0 amide bonds. The van der Waals surface area contributed by atoms with Crippen molar-refractivity contribution in [3.05, 3.63) is 81.4 Å². The van der Waals surface area contributed by atoms with E-state index in [2.05, 4.69) is 25.3 Å². The molecule has 2 aromatic carbocycles. The molecule has 0 saturated carbocycles. The Kier molecular flexibility index (Phi) is 4.95. The van der Waals surface area contributed by atoms with Gasteiger partial charge in [-0.05, 0) is 37.6 Å². The fourth-order valence-corrected chi connectivity index (χ4v) is 3.23. The maximum atomic E-state index is 12.6. The molecule has 0 aliphatic heterocycles. The van der Waals surface area contributed by atoms with Gasteiger partial charge in [0.2, 0.25) is 11.9 Å². The van der Waals surface area contributed by atoms with E-state index >= 15 is 0 Å². The van der Waals surface area contributed by atoms with Crippen molar-refractivity contribution < 1.29 is 4.74 Å². The number of nitrogens with one attached hydrogen (secondary N) is 2. The van der Waals surface area contributed by atoms with Crippen LogP contribution in [0.25, 0.3) is 10.9 Å². The molecule has 0 spiro atoms. The van der Waals surface area contributed by atoms with Crippen LogP contribution < -0.4 is 15.6 Å². The van der Waals surface area contributed by atoms with Crippen molar-refractivity contribution in [2.75, 3.05) is 12.4 Å². The normalized spacial score (nSPS) is 10.9. The minimum atomic E-state index is -0.175. The van der Waals surface area contributed by atoms with E-state index in [4.69, 9.17) is 4.74 Å². The first-order valence-electron chi connectivity index (χ1n) is 9.26. The third-order valence-electron chi connectivity index (χ3n) is 4.77. The van der Waals surface area contributed by atoms with Crippen molar-refractivity contribution in [1.29, 1.82) is 0 Å². The third-order valence-corrected chi connectivity index (χ3v) is 4.77. The van der Waals surface area contributed by atoms with Crippen LogP contribution in [0.15, 0.2) is 53.3 Å². The van der Waals surface area contributed by atoms with Gasteiger partial charge in [0.25, 0.3) is 5.56 Å². The molecule has 4 rings (SSSR count). The zero-order chi connectivity index (χ0) is 20.4. The Labute approximate surface area is 167 Å². The number of benzene rings is 2. The number of rotatable bonds is 5. The van der Waals surface area contributed by atoms with Gasteiger partial charge in [0.15, 0.2) is 0 Å². The molecule has 0 saturated heterocycles. The number of aromatic amines is 1. The van der Waals surface area contributed by atoms with Crippen LogP contribution in [0.4, 0.5) is 11.9 Å². The van der Waals surface area contributed by atoms with Crippen LogP contribution in [0.2, 0.25) is 0 Å². The van der Waals surface area contributed by atoms with Crippen molar-refractivity contribution in [1.82, 2.24) is 19.9 Å². The number of H-pyrrole nitrogens is 1. The SMILES string of the molecule is COc1ccc2nc(Nc3nc(C)c(Cc4ccccc4)c(=O)[nH]3)nc(C)c2c1. The fraction of sp³-hybridized carbons (Fsp3) is 0.182. The predicted molar refractivity (Wildman–Crippen MR) is 113 cm³/mol. The number of methoxy groups -OCH3 is 1. The molecule has 7 heteroatoms. The first-order chi connectivity index (χ1) is 14.0. The van der Waals surface area contributed by atoms with Gasteiger partial charge in [-0.2, -0.15) is 0 Å². The molecule has 2 N–H and O–H groups in total. The first kappa shape index (κ1) is 18.6. The number of nitrogens with zero attached hydrogens (tertiary/aromatic N) is 3. The highest BCUT2D eigenvalue weighted by molar-refractivity contribution is 5.83. The van der Waals surface area contributed by atoms with Crippen LogP contribution in [-0.2, 0) is 6.42 Å². The lowest BCUT2D eigenvalue weighted by Crippen LogP contribution is -2.19. The van der Waals surface area contributed by atoms with Crippen molar-refractivity contribution >= 4 is 22.8 Å². The van der Waals surface area contributed by atoms with Gasteiger partial charge in [-0.25, -0.2) is 15.0 Å². The number of ether oxygens (including phenoxy) is 1. The van der Waals surface area contributed by atoms with Crippen molar-refractivity contribution in [3.63, 3.8) is 0 Å². The summed E-state index contributed by atoms with van der Waals surface area (Å²) in [5, 5.41) is 3.93. The van der Waals surface area contributed by atoms with Gasteiger partial charge < -0.3 is 4.74 Å². The highest BCUT2D eigenvalue weighted by Crippen LogP contribution is 2.23. The van der Waals surface area contributed by atoms with E-state index in [0.29, 0.717) is 29.6 Å². The summed E-state index contributed by atoms with van der Waals surface area (Å²) in [7, 11) is 1.62. The summed E-state index contributed by atoms with van der Waals surface area (Å²) < 4.78 is 5.26. The van der Waals surface area contributed by atoms with Crippen LogP contribution >= 0.6 is 0 Å². The monoisotopic (exact) mass is 387 g/mol. The number of fused-ring (bicyclic) bond motifs is 1. The second kappa shape index (κ2) is 7.71. The molecule has 0 aliphatic rings. The second-order valence-electron chi connectivity index (χ2n) is 6.78. The lowest BCUT2D eigenvalue weighted by molar-refractivity contribution is 0.415. The molecule has 0 unspecified atom stereocenters. The van der Waals surface area contributed by atoms with E-state index in [1.807, 2.05) is 62.4 Å². The van der Waals surface area contributed by atoms with E-state index in [0.717, 1.165) is 27.9 Å². The van der Waals surface area contributed by atoms with Crippen LogP contribution in [0.1, 0.15) is 22.5 Å². The largest absolute Gasteiger partial charge is 0.497 e. The Bertz CT molecular complexity index is 1240. The maximum absolute atomic E-state index is 12.6. The van der Waals surface area contributed by atoms with E-state index < -0.39 is 0 Å². The van der Waals surface area contributed by atoms with Crippen molar-refractivity contribution in [2.24, 2.45) is 0 Å². The Morgan fingerprint density at radius 2 is 1.79 bits per heavy atom. The fourth-order valence-electron chi connectivity index (χ4n) is 3.23. The number of hydrogen-bond donors (Lipinski definition) is 2. The van der Waals surface area contributed by atoms with Crippen LogP contribution in [-0.4, -0.2) is 27.0 Å². The van der Waals surface area contributed by atoms with E-state index in [9.17, 15) is 4.79 Å². The van der Waals surface area contributed by atoms with E-state index in [1.54, 1.807) is 7.11 Å². The predicted octanol–water partition coefficient (Wildman–Crippen LogP) is 3.67. The molecule has 0 bridgehead atoms. The smallest absolute Gasteiger partial charge is 0.256 e. The molecule has 0 atom stereocenters. The molecule has 29 heavy (non-hydrogen) atoms. The zero-order valence-corrected chi connectivity index (χ0v) is 16.5. The summed E-state index contributed by atoms with van der Waals surface area (Å²) in [6.07, 6.45) is 0.530. The van der Waals surface area contributed by atoms with Crippen molar-refractivity contribution in [2.45, 2.75) is 20.3 Å². The lowest BCUT2D eigenvalue weighted by atomic mass is 10.1. The molecule has 4 aromatic rings. The Morgan fingerprint density at radius 3 is 2.52 bits per heavy atom. The summed E-state index contributed by atoms with van der Waals surface area (Å²) >= 11 is 0. The lowest BCUT2D eigenvalue weighted by Gasteiger charge is -2.10. The number of aryl methyl sites for hydroxylation is 2. The van der Waals surface area contributed by atoms with Gasteiger partial charge in [0.05, 0.1) is 24.0 Å². The molecular weight excluding hydrogens is 366 g/mol. The molecule has 2 aromatic heterocycles. The summed E-state index contributed by atoms with van der Waals surface area (Å²) in [4.78, 5) is 28.9.